The van der Waals surface area contributed by atoms with Gasteiger partial charge in [0.05, 0.1) is 18.2 Å². The van der Waals surface area contributed by atoms with Crippen LogP contribution in [0.4, 0.5) is 0 Å². The predicted molar refractivity (Wildman–Crippen MR) is 66.3 cm³/mol. The topological polar surface area (TPSA) is 27.1 Å². The molecule has 0 aliphatic heterocycles. The van der Waals surface area contributed by atoms with Crippen molar-refractivity contribution in [2.75, 3.05) is 0 Å². The van der Waals surface area contributed by atoms with Crippen LogP contribution in [-0.2, 0) is 6.61 Å². The molecule has 1 saturated carbocycles. The first kappa shape index (κ1) is 10.7. The SMILES string of the molecule is Clc1cccc(OCc2cncn2C2CC2)c1. The summed E-state index contributed by atoms with van der Waals surface area (Å²) in [7, 11) is 0. The molecule has 88 valence electrons. The van der Waals surface area contributed by atoms with Gasteiger partial charge in [0.2, 0.25) is 0 Å². The van der Waals surface area contributed by atoms with Crippen molar-refractivity contribution in [3.8, 4) is 5.75 Å². The van der Waals surface area contributed by atoms with Crippen molar-refractivity contribution < 1.29 is 4.74 Å². The van der Waals surface area contributed by atoms with Crippen LogP contribution in [0.1, 0.15) is 24.6 Å². The van der Waals surface area contributed by atoms with Crippen molar-refractivity contribution in [1.29, 1.82) is 0 Å². The first-order valence-electron chi connectivity index (χ1n) is 5.72. The largest absolute Gasteiger partial charge is 0.487 e. The summed E-state index contributed by atoms with van der Waals surface area (Å²) >= 11 is 5.90. The predicted octanol–water partition coefficient (Wildman–Crippen LogP) is 3.45. The maximum atomic E-state index is 5.90. The van der Waals surface area contributed by atoms with Crippen LogP contribution < -0.4 is 4.74 Å². The Kier molecular flexibility index (Phi) is 2.77. The van der Waals surface area contributed by atoms with Gasteiger partial charge in [0, 0.05) is 11.1 Å². The Hall–Kier alpha value is -1.48. The standard InChI is InChI=1S/C13H13ClN2O/c14-10-2-1-3-13(6-10)17-8-12-7-15-9-16(12)11-4-5-11/h1-3,6-7,9,11H,4-5,8H2. The third-order valence-electron chi connectivity index (χ3n) is 2.87. The Morgan fingerprint density at radius 3 is 3.06 bits per heavy atom. The second-order valence-electron chi connectivity index (χ2n) is 4.27. The second-order valence-corrected chi connectivity index (χ2v) is 4.71. The molecule has 0 unspecified atom stereocenters. The number of imidazole rings is 1. The Labute approximate surface area is 105 Å². The average Bonchev–Trinajstić information content (AvgIpc) is 3.06. The summed E-state index contributed by atoms with van der Waals surface area (Å²) in [5, 5.41) is 0.693. The Balaban J connectivity index is 1.69. The minimum absolute atomic E-state index is 0.539. The molecule has 0 N–H and O–H groups in total. The van der Waals surface area contributed by atoms with Gasteiger partial charge in [0.15, 0.2) is 0 Å². The number of nitrogens with zero attached hydrogens (tertiary/aromatic N) is 2. The number of benzene rings is 1. The van der Waals surface area contributed by atoms with Gasteiger partial charge in [-0.1, -0.05) is 17.7 Å². The molecule has 1 heterocycles. The lowest BCUT2D eigenvalue weighted by Gasteiger charge is -2.08. The van der Waals surface area contributed by atoms with E-state index in [-0.39, 0.29) is 0 Å². The van der Waals surface area contributed by atoms with E-state index in [2.05, 4.69) is 9.55 Å². The fourth-order valence-electron chi connectivity index (χ4n) is 1.84. The lowest BCUT2D eigenvalue weighted by molar-refractivity contribution is 0.295. The van der Waals surface area contributed by atoms with Crippen LogP contribution in [0.2, 0.25) is 5.02 Å². The summed E-state index contributed by atoms with van der Waals surface area (Å²) in [6.45, 7) is 0.539. The monoisotopic (exact) mass is 248 g/mol. The van der Waals surface area contributed by atoms with Gasteiger partial charge in [-0.15, -0.1) is 0 Å². The maximum Gasteiger partial charge on any atom is 0.130 e. The van der Waals surface area contributed by atoms with E-state index < -0.39 is 0 Å². The van der Waals surface area contributed by atoms with E-state index >= 15 is 0 Å². The van der Waals surface area contributed by atoms with Crippen LogP contribution in [-0.4, -0.2) is 9.55 Å². The third kappa shape index (κ3) is 2.44. The van der Waals surface area contributed by atoms with Gasteiger partial charge in [-0.2, -0.15) is 0 Å². The molecule has 2 aromatic rings. The summed E-state index contributed by atoms with van der Waals surface area (Å²) in [5.41, 5.74) is 1.12. The highest BCUT2D eigenvalue weighted by atomic mass is 35.5. The van der Waals surface area contributed by atoms with Crippen molar-refractivity contribution in [2.24, 2.45) is 0 Å². The molecule has 0 atom stereocenters. The van der Waals surface area contributed by atoms with Gasteiger partial charge >= 0.3 is 0 Å². The number of aromatic nitrogens is 2. The van der Waals surface area contributed by atoms with Crippen molar-refractivity contribution in [3.63, 3.8) is 0 Å². The van der Waals surface area contributed by atoms with Gasteiger partial charge in [-0.05, 0) is 31.0 Å². The number of halogens is 1. The van der Waals surface area contributed by atoms with E-state index in [4.69, 9.17) is 16.3 Å². The maximum absolute atomic E-state index is 5.90. The van der Waals surface area contributed by atoms with Crippen molar-refractivity contribution in [1.82, 2.24) is 9.55 Å². The molecule has 4 heteroatoms. The summed E-state index contributed by atoms with van der Waals surface area (Å²) in [4.78, 5) is 4.17. The molecule has 1 aromatic heterocycles. The zero-order chi connectivity index (χ0) is 11.7. The average molecular weight is 249 g/mol. The lowest BCUT2D eigenvalue weighted by Crippen LogP contribution is -2.03. The van der Waals surface area contributed by atoms with Crippen LogP contribution in [0.15, 0.2) is 36.8 Å². The van der Waals surface area contributed by atoms with Crippen molar-refractivity contribution >= 4 is 11.6 Å². The first-order chi connectivity index (χ1) is 8.33. The Bertz CT molecular complexity index is 520. The third-order valence-corrected chi connectivity index (χ3v) is 3.10. The smallest absolute Gasteiger partial charge is 0.130 e. The fraction of sp³-hybridized carbons (Fsp3) is 0.308. The van der Waals surface area contributed by atoms with Crippen LogP contribution in [0.25, 0.3) is 0 Å². The molecular weight excluding hydrogens is 236 g/mol. The molecule has 1 aliphatic rings. The van der Waals surface area contributed by atoms with E-state index in [1.54, 1.807) is 0 Å². The van der Waals surface area contributed by atoms with E-state index in [0.717, 1.165) is 11.4 Å². The number of rotatable bonds is 4. The minimum atomic E-state index is 0.539. The van der Waals surface area contributed by atoms with Gasteiger partial charge in [0.1, 0.15) is 12.4 Å². The zero-order valence-electron chi connectivity index (χ0n) is 9.34. The van der Waals surface area contributed by atoms with E-state index in [1.165, 1.54) is 12.8 Å². The lowest BCUT2D eigenvalue weighted by atomic mass is 10.3. The molecule has 0 amide bonds. The summed E-state index contributed by atoms with van der Waals surface area (Å²) in [6, 6.07) is 8.08. The van der Waals surface area contributed by atoms with Crippen LogP contribution in [0, 0.1) is 0 Å². The Morgan fingerprint density at radius 2 is 2.29 bits per heavy atom. The van der Waals surface area contributed by atoms with Gasteiger partial charge in [-0.3, -0.25) is 0 Å². The summed E-state index contributed by atoms with van der Waals surface area (Å²) in [5.74, 6) is 0.793. The summed E-state index contributed by atoms with van der Waals surface area (Å²) < 4.78 is 7.90. The molecule has 3 nitrogen and oxygen atoms in total. The van der Waals surface area contributed by atoms with E-state index in [1.807, 2.05) is 36.8 Å². The highest BCUT2D eigenvalue weighted by Gasteiger charge is 2.25. The molecule has 0 saturated heterocycles. The highest BCUT2D eigenvalue weighted by Crippen LogP contribution is 2.35. The number of hydrogen-bond donors (Lipinski definition) is 0. The quantitative estimate of drug-likeness (QED) is 0.829. The molecule has 17 heavy (non-hydrogen) atoms. The molecule has 1 fully saturated rings. The normalized spacial score (nSPS) is 14.9. The number of ether oxygens (including phenoxy) is 1. The Morgan fingerprint density at radius 1 is 1.41 bits per heavy atom. The molecular formula is C13H13ClN2O. The van der Waals surface area contributed by atoms with Crippen LogP contribution >= 0.6 is 11.6 Å². The van der Waals surface area contributed by atoms with Gasteiger partial charge in [0.25, 0.3) is 0 Å². The highest BCUT2D eigenvalue weighted by molar-refractivity contribution is 6.30. The minimum Gasteiger partial charge on any atom is -0.487 e. The van der Waals surface area contributed by atoms with Crippen LogP contribution in [0.3, 0.4) is 0 Å². The van der Waals surface area contributed by atoms with E-state index in [0.29, 0.717) is 17.7 Å². The summed E-state index contributed by atoms with van der Waals surface area (Å²) in [6.07, 6.45) is 6.25. The molecule has 1 aromatic carbocycles. The van der Waals surface area contributed by atoms with Gasteiger partial charge < -0.3 is 9.30 Å². The molecule has 0 bridgehead atoms. The fourth-order valence-corrected chi connectivity index (χ4v) is 2.02. The van der Waals surface area contributed by atoms with Gasteiger partial charge in [-0.25, -0.2) is 4.98 Å². The first-order valence-corrected chi connectivity index (χ1v) is 6.10. The molecule has 3 rings (SSSR count). The zero-order valence-corrected chi connectivity index (χ0v) is 10.1. The second kappa shape index (κ2) is 4.41. The van der Waals surface area contributed by atoms with Crippen molar-refractivity contribution in [3.05, 3.63) is 47.5 Å². The number of hydrogen-bond acceptors (Lipinski definition) is 2. The van der Waals surface area contributed by atoms with Crippen molar-refractivity contribution in [2.45, 2.75) is 25.5 Å². The molecule has 0 spiro atoms. The molecule has 1 aliphatic carbocycles. The van der Waals surface area contributed by atoms with E-state index in [9.17, 15) is 0 Å². The van der Waals surface area contributed by atoms with Crippen LogP contribution in [0.5, 0.6) is 5.75 Å². The molecule has 0 radical (unpaired) electrons.